The standard InChI is InChI=1S/C17H18N2O3/c18-16(21)9-2-1-8-7-11-10-3-4-12(20)15-17(10,5-6-19-11)13(8)14(9)22-15/h1-2,10-11,15,19H,3-7H2,(H2,18,21)/t10-,11+,15?,17-/m0/s1. The normalized spacial score (nSPS) is 37.5. The van der Waals surface area contributed by atoms with Gasteiger partial charge in [0.15, 0.2) is 11.9 Å². The average Bonchev–Trinajstić information content (AvgIpc) is 2.82. The molecule has 4 atom stereocenters. The second kappa shape index (κ2) is 3.90. The van der Waals surface area contributed by atoms with E-state index in [0.29, 0.717) is 29.7 Å². The third-order valence-electron chi connectivity index (χ3n) is 6.21. The molecule has 22 heavy (non-hydrogen) atoms. The van der Waals surface area contributed by atoms with Crippen LogP contribution in [0.3, 0.4) is 0 Å². The van der Waals surface area contributed by atoms with E-state index in [9.17, 15) is 9.59 Å². The fraction of sp³-hybridized carbons (Fsp3) is 0.529. The first-order chi connectivity index (χ1) is 10.6. The van der Waals surface area contributed by atoms with Crippen LogP contribution in [0.15, 0.2) is 12.1 Å². The highest BCUT2D eigenvalue weighted by molar-refractivity contribution is 5.98. The van der Waals surface area contributed by atoms with Crippen molar-refractivity contribution < 1.29 is 14.3 Å². The molecule has 1 aromatic rings. The summed E-state index contributed by atoms with van der Waals surface area (Å²) < 4.78 is 6.11. The molecule has 1 aromatic carbocycles. The van der Waals surface area contributed by atoms with E-state index in [1.54, 1.807) is 6.07 Å². The molecule has 5 heteroatoms. The Morgan fingerprint density at radius 3 is 3.09 bits per heavy atom. The molecule has 5 rings (SSSR count). The second-order valence-corrected chi connectivity index (χ2v) is 7.01. The van der Waals surface area contributed by atoms with Crippen LogP contribution in [0, 0.1) is 5.92 Å². The van der Waals surface area contributed by atoms with Gasteiger partial charge >= 0.3 is 0 Å². The van der Waals surface area contributed by atoms with E-state index >= 15 is 0 Å². The van der Waals surface area contributed by atoms with E-state index in [2.05, 4.69) is 5.32 Å². The molecule has 2 aliphatic heterocycles. The number of hydrogen-bond donors (Lipinski definition) is 2. The lowest BCUT2D eigenvalue weighted by Crippen LogP contribution is -2.65. The van der Waals surface area contributed by atoms with Gasteiger partial charge < -0.3 is 15.8 Å². The number of ether oxygens (including phenoxy) is 1. The number of Topliss-reactive ketones (excluding diaryl/α,β-unsaturated/α-hetero) is 1. The van der Waals surface area contributed by atoms with E-state index in [-0.39, 0.29) is 11.2 Å². The molecular weight excluding hydrogens is 280 g/mol. The van der Waals surface area contributed by atoms with Crippen molar-refractivity contribution in [2.45, 2.75) is 43.2 Å². The summed E-state index contributed by atoms with van der Waals surface area (Å²) in [5.41, 5.74) is 8.04. The summed E-state index contributed by atoms with van der Waals surface area (Å²) in [6.45, 7) is 0.897. The van der Waals surface area contributed by atoms with Gasteiger partial charge in [-0.05, 0) is 43.4 Å². The summed E-state index contributed by atoms with van der Waals surface area (Å²) in [4.78, 5) is 24.3. The number of piperidine rings is 1. The highest BCUT2D eigenvalue weighted by Crippen LogP contribution is 2.60. The molecule has 5 nitrogen and oxygen atoms in total. The fourth-order valence-corrected chi connectivity index (χ4v) is 5.45. The lowest BCUT2D eigenvalue weighted by atomic mass is 9.52. The van der Waals surface area contributed by atoms with Crippen LogP contribution in [0.5, 0.6) is 5.75 Å². The number of hydrogen-bond acceptors (Lipinski definition) is 4. The van der Waals surface area contributed by atoms with E-state index in [1.165, 1.54) is 5.56 Å². The van der Waals surface area contributed by atoms with E-state index in [0.717, 1.165) is 31.4 Å². The molecule has 3 N–H and O–H groups in total. The summed E-state index contributed by atoms with van der Waals surface area (Å²) >= 11 is 0. The predicted molar refractivity (Wildman–Crippen MR) is 78.9 cm³/mol. The lowest BCUT2D eigenvalue weighted by Gasteiger charge is -2.54. The SMILES string of the molecule is NC(=O)c1ccc2c3c1OC1C(=O)CC[C@H]4[C@@H](C2)NCC[C@]314. The lowest BCUT2D eigenvalue weighted by molar-refractivity contribution is -0.135. The zero-order chi connectivity index (χ0) is 15.1. The maximum Gasteiger partial charge on any atom is 0.252 e. The van der Waals surface area contributed by atoms with Gasteiger partial charge in [0.05, 0.1) is 5.56 Å². The van der Waals surface area contributed by atoms with Crippen LogP contribution in [-0.2, 0) is 16.6 Å². The smallest absolute Gasteiger partial charge is 0.252 e. The van der Waals surface area contributed by atoms with Crippen LogP contribution in [0.1, 0.15) is 40.7 Å². The van der Waals surface area contributed by atoms with Gasteiger partial charge in [-0.25, -0.2) is 0 Å². The average molecular weight is 298 g/mol. The molecule has 0 aromatic heterocycles. The van der Waals surface area contributed by atoms with Crippen molar-refractivity contribution >= 4 is 11.7 Å². The molecule has 2 fully saturated rings. The van der Waals surface area contributed by atoms with Gasteiger partial charge in [0.2, 0.25) is 0 Å². The van der Waals surface area contributed by atoms with Crippen molar-refractivity contribution in [3.63, 3.8) is 0 Å². The predicted octanol–water partition coefficient (Wildman–Crippen LogP) is 0.681. The minimum absolute atomic E-state index is 0.177. The largest absolute Gasteiger partial charge is 0.481 e. The van der Waals surface area contributed by atoms with Crippen molar-refractivity contribution in [2.75, 3.05) is 6.54 Å². The number of carbonyl (C=O) groups excluding carboxylic acids is 2. The summed E-state index contributed by atoms with van der Waals surface area (Å²) in [7, 11) is 0. The maximum absolute atomic E-state index is 12.5. The number of carbonyl (C=O) groups is 2. The van der Waals surface area contributed by atoms with E-state index in [1.807, 2.05) is 6.07 Å². The number of benzene rings is 1. The topological polar surface area (TPSA) is 81.4 Å². The minimum Gasteiger partial charge on any atom is -0.481 e. The third-order valence-corrected chi connectivity index (χ3v) is 6.21. The van der Waals surface area contributed by atoms with Gasteiger partial charge in [0, 0.05) is 23.4 Å². The molecule has 0 radical (unpaired) electrons. The Kier molecular flexibility index (Phi) is 2.24. The Bertz CT molecular complexity index is 729. The first kappa shape index (κ1) is 12.6. The van der Waals surface area contributed by atoms with Crippen LogP contribution in [0.2, 0.25) is 0 Å². The van der Waals surface area contributed by atoms with Gasteiger partial charge in [-0.1, -0.05) is 6.07 Å². The van der Waals surface area contributed by atoms with Crippen LogP contribution < -0.4 is 15.8 Å². The Labute approximate surface area is 128 Å². The summed E-state index contributed by atoms with van der Waals surface area (Å²) in [5.74, 6) is 0.709. The molecule has 2 aliphatic carbocycles. The van der Waals surface area contributed by atoms with Crippen LogP contribution in [0.4, 0.5) is 0 Å². The first-order valence-corrected chi connectivity index (χ1v) is 8.02. The van der Waals surface area contributed by atoms with Crippen molar-refractivity contribution in [1.29, 1.82) is 0 Å². The van der Waals surface area contributed by atoms with Crippen molar-refractivity contribution in [3.05, 3.63) is 28.8 Å². The van der Waals surface area contributed by atoms with Gasteiger partial charge in [-0.2, -0.15) is 0 Å². The van der Waals surface area contributed by atoms with Crippen LogP contribution in [-0.4, -0.2) is 30.4 Å². The second-order valence-electron chi connectivity index (χ2n) is 7.01. The number of amides is 1. The highest BCUT2D eigenvalue weighted by Gasteiger charge is 2.64. The molecule has 114 valence electrons. The van der Waals surface area contributed by atoms with E-state index in [4.69, 9.17) is 10.5 Å². The zero-order valence-electron chi connectivity index (χ0n) is 12.2. The maximum atomic E-state index is 12.5. The van der Waals surface area contributed by atoms with E-state index < -0.39 is 12.0 Å². The molecule has 2 bridgehead atoms. The van der Waals surface area contributed by atoms with Crippen LogP contribution in [0.25, 0.3) is 0 Å². The van der Waals surface area contributed by atoms with Gasteiger partial charge in [-0.15, -0.1) is 0 Å². The van der Waals surface area contributed by atoms with Gasteiger partial charge in [0.25, 0.3) is 5.91 Å². The van der Waals surface area contributed by atoms with Crippen molar-refractivity contribution in [1.82, 2.24) is 5.32 Å². The van der Waals surface area contributed by atoms with Gasteiger partial charge in [-0.3, -0.25) is 9.59 Å². The Morgan fingerprint density at radius 2 is 2.27 bits per heavy atom. The summed E-state index contributed by atoms with van der Waals surface area (Å²) in [6.07, 6.45) is 2.90. The van der Waals surface area contributed by atoms with Crippen LogP contribution >= 0.6 is 0 Å². The molecule has 2 heterocycles. The summed E-state index contributed by atoms with van der Waals surface area (Å²) in [5, 5.41) is 3.62. The Hall–Kier alpha value is -1.88. The number of primary amides is 1. The highest BCUT2D eigenvalue weighted by atomic mass is 16.5. The molecule has 1 spiro atoms. The van der Waals surface area contributed by atoms with Crippen molar-refractivity contribution in [2.24, 2.45) is 11.7 Å². The molecule has 1 amide bonds. The number of ketones is 1. The monoisotopic (exact) mass is 298 g/mol. The number of nitrogens with one attached hydrogen (secondary N) is 1. The molecular formula is C17H18N2O3. The zero-order valence-corrected chi connectivity index (χ0v) is 12.2. The fourth-order valence-electron chi connectivity index (χ4n) is 5.45. The molecule has 1 saturated heterocycles. The molecule has 4 aliphatic rings. The number of nitrogens with two attached hydrogens (primary N) is 1. The quantitative estimate of drug-likeness (QED) is 0.799. The minimum atomic E-state index is -0.479. The Balaban J connectivity index is 1.84. The third kappa shape index (κ3) is 1.25. The number of rotatable bonds is 1. The molecule has 1 saturated carbocycles. The summed E-state index contributed by atoms with van der Waals surface area (Å²) in [6, 6.07) is 4.16. The Morgan fingerprint density at radius 1 is 1.41 bits per heavy atom. The molecule has 1 unspecified atom stereocenters. The first-order valence-electron chi connectivity index (χ1n) is 8.02. The van der Waals surface area contributed by atoms with Gasteiger partial charge in [0.1, 0.15) is 5.75 Å². The van der Waals surface area contributed by atoms with Crippen molar-refractivity contribution in [3.8, 4) is 5.75 Å².